The van der Waals surface area contributed by atoms with Crippen molar-refractivity contribution < 1.29 is 23.7 Å². The first kappa shape index (κ1) is 28.3. The molecule has 0 amide bonds. The average Bonchev–Trinajstić information content (AvgIpc) is 2.85. The Labute approximate surface area is 227 Å². The number of rotatable bonds is 10. The van der Waals surface area contributed by atoms with Gasteiger partial charge < -0.3 is 18.9 Å². The van der Waals surface area contributed by atoms with Gasteiger partial charge in [-0.2, -0.15) is 0 Å². The fourth-order valence-corrected chi connectivity index (χ4v) is 5.56. The van der Waals surface area contributed by atoms with Crippen LogP contribution in [0.1, 0.15) is 64.9 Å². The third-order valence-electron chi connectivity index (χ3n) is 7.55. The zero-order valence-corrected chi connectivity index (χ0v) is 23.4. The SMILES string of the molecule is C=C(C)CCC/C(C)=C/[C@@H]1CC(=C)C[C@]2(C=C(COCc3ccc(OC)cc3)[C@H]3CC(=O)C(C)=C[C@H]3O2)O1. The first-order valence-electron chi connectivity index (χ1n) is 13.6. The number of ketones is 1. The minimum Gasteiger partial charge on any atom is -0.497 e. The molecule has 1 saturated heterocycles. The molecule has 2 aliphatic heterocycles. The second kappa shape index (κ2) is 12.4. The Hall–Kier alpha value is -2.73. The molecule has 0 saturated carbocycles. The maximum atomic E-state index is 12.6. The summed E-state index contributed by atoms with van der Waals surface area (Å²) in [5.41, 5.74) is 6.50. The average molecular weight is 519 g/mol. The third-order valence-corrected chi connectivity index (χ3v) is 7.55. The molecule has 0 bridgehead atoms. The van der Waals surface area contributed by atoms with Crippen LogP contribution in [0, 0.1) is 5.92 Å². The summed E-state index contributed by atoms with van der Waals surface area (Å²) >= 11 is 0. The minimum atomic E-state index is -0.911. The summed E-state index contributed by atoms with van der Waals surface area (Å²) in [6.07, 6.45) is 10.9. The van der Waals surface area contributed by atoms with Crippen molar-refractivity contribution in [2.75, 3.05) is 13.7 Å². The maximum absolute atomic E-state index is 12.6. The molecular weight excluding hydrogens is 476 g/mol. The van der Waals surface area contributed by atoms with Crippen molar-refractivity contribution in [2.45, 2.75) is 83.9 Å². The number of hydrogen-bond donors (Lipinski definition) is 0. The smallest absolute Gasteiger partial charge is 0.193 e. The van der Waals surface area contributed by atoms with E-state index in [4.69, 9.17) is 18.9 Å². The highest BCUT2D eigenvalue weighted by atomic mass is 16.7. The van der Waals surface area contributed by atoms with Gasteiger partial charge in [-0.05, 0) is 87.4 Å². The number of methoxy groups -OCH3 is 1. The van der Waals surface area contributed by atoms with Crippen LogP contribution in [0.15, 0.2) is 83.5 Å². The van der Waals surface area contributed by atoms with Gasteiger partial charge in [0.15, 0.2) is 11.6 Å². The highest BCUT2D eigenvalue weighted by molar-refractivity contribution is 5.96. The van der Waals surface area contributed by atoms with E-state index in [1.54, 1.807) is 7.11 Å². The Morgan fingerprint density at radius 2 is 1.89 bits per heavy atom. The van der Waals surface area contributed by atoms with Crippen molar-refractivity contribution in [1.29, 1.82) is 0 Å². The van der Waals surface area contributed by atoms with Gasteiger partial charge in [0.2, 0.25) is 0 Å². The molecule has 3 aliphatic rings. The number of allylic oxidation sites excluding steroid dienone is 3. The summed E-state index contributed by atoms with van der Waals surface area (Å²) in [6, 6.07) is 7.87. The van der Waals surface area contributed by atoms with Gasteiger partial charge in [0, 0.05) is 18.8 Å². The monoisotopic (exact) mass is 518 g/mol. The van der Waals surface area contributed by atoms with Gasteiger partial charge in [-0.1, -0.05) is 41.5 Å². The summed E-state index contributed by atoms with van der Waals surface area (Å²) in [5.74, 6) is 0.0142. The van der Waals surface area contributed by atoms with Gasteiger partial charge in [0.25, 0.3) is 0 Å². The fourth-order valence-electron chi connectivity index (χ4n) is 5.56. The number of benzene rings is 1. The summed E-state index contributed by atoms with van der Waals surface area (Å²) in [4.78, 5) is 12.6. The van der Waals surface area contributed by atoms with Crippen LogP contribution in [0.4, 0.5) is 0 Å². The van der Waals surface area contributed by atoms with E-state index in [1.807, 2.05) is 37.3 Å². The molecule has 0 unspecified atom stereocenters. The van der Waals surface area contributed by atoms with Gasteiger partial charge in [-0.15, -0.1) is 6.58 Å². The Bertz CT molecular complexity index is 1140. The van der Waals surface area contributed by atoms with Crippen molar-refractivity contribution in [3.05, 3.63) is 89.1 Å². The molecule has 1 aromatic rings. The Kier molecular flexibility index (Phi) is 9.24. The molecule has 0 radical (unpaired) electrons. The van der Waals surface area contributed by atoms with Crippen LogP contribution in [0.2, 0.25) is 0 Å². The van der Waals surface area contributed by atoms with Crippen molar-refractivity contribution in [3.63, 3.8) is 0 Å². The van der Waals surface area contributed by atoms with Crippen molar-refractivity contribution >= 4 is 5.78 Å². The Morgan fingerprint density at radius 3 is 2.61 bits per heavy atom. The van der Waals surface area contributed by atoms with E-state index in [9.17, 15) is 4.79 Å². The first-order valence-corrected chi connectivity index (χ1v) is 13.6. The Morgan fingerprint density at radius 1 is 1.13 bits per heavy atom. The molecule has 0 N–H and O–H groups in total. The molecule has 204 valence electrons. The quantitative estimate of drug-likeness (QED) is 0.307. The van der Waals surface area contributed by atoms with E-state index >= 15 is 0 Å². The molecule has 4 rings (SSSR count). The highest BCUT2D eigenvalue weighted by Gasteiger charge is 2.47. The predicted octanol–water partition coefficient (Wildman–Crippen LogP) is 7.20. The fraction of sp³-hybridized carbons (Fsp3) is 0.485. The molecule has 2 heterocycles. The van der Waals surface area contributed by atoms with E-state index in [0.717, 1.165) is 53.7 Å². The van der Waals surface area contributed by atoms with E-state index < -0.39 is 5.79 Å². The molecule has 0 aromatic heterocycles. The lowest BCUT2D eigenvalue weighted by atomic mass is 9.78. The number of fused-ring (bicyclic) bond motifs is 1. The van der Waals surface area contributed by atoms with E-state index in [2.05, 4.69) is 39.2 Å². The molecule has 1 fully saturated rings. The van der Waals surface area contributed by atoms with E-state index in [1.165, 1.54) is 11.1 Å². The molecule has 5 heteroatoms. The second-order valence-corrected chi connectivity index (χ2v) is 11.1. The van der Waals surface area contributed by atoms with Gasteiger partial charge in [0.05, 0.1) is 32.5 Å². The van der Waals surface area contributed by atoms with E-state index in [0.29, 0.717) is 26.1 Å². The van der Waals surface area contributed by atoms with Crippen LogP contribution in [0.25, 0.3) is 0 Å². The van der Waals surface area contributed by atoms with Crippen molar-refractivity contribution in [2.24, 2.45) is 5.92 Å². The molecule has 4 atom stereocenters. The lowest BCUT2D eigenvalue weighted by Crippen LogP contribution is -2.50. The number of hydrogen-bond acceptors (Lipinski definition) is 5. The largest absolute Gasteiger partial charge is 0.497 e. The minimum absolute atomic E-state index is 0.0515. The van der Waals surface area contributed by atoms with Gasteiger partial charge in [-0.3, -0.25) is 4.79 Å². The lowest BCUT2D eigenvalue weighted by Gasteiger charge is -2.47. The van der Waals surface area contributed by atoms with Gasteiger partial charge in [-0.25, -0.2) is 0 Å². The van der Waals surface area contributed by atoms with Crippen molar-refractivity contribution in [1.82, 2.24) is 0 Å². The van der Waals surface area contributed by atoms with Crippen LogP contribution >= 0.6 is 0 Å². The molecule has 5 nitrogen and oxygen atoms in total. The van der Waals surface area contributed by atoms with Crippen molar-refractivity contribution in [3.8, 4) is 5.75 Å². The summed E-state index contributed by atoms with van der Waals surface area (Å²) in [6.45, 7) is 15.3. The number of Topliss-reactive ketones (excluding diaryl/α,β-unsaturated/α-hetero) is 1. The normalized spacial score (nSPS) is 27.6. The zero-order valence-electron chi connectivity index (χ0n) is 23.4. The molecular formula is C33H42O5. The van der Waals surface area contributed by atoms with Crippen LogP contribution in [0.3, 0.4) is 0 Å². The molecule has 38 heavy (non-hydrogen) atoms. The van der Waals surface area contributed by atoms with Gasteiger partial charge in [0.1, 0.15) is 5.75 Å². The summed E-state index contributed by atoms with van der Waals surface area (Å²) in [5, 5.41) is 0. The summed E-state index contributed by atoms with van der Waals surface area (Å²) in [7, 11) is 1.66. The van der Waals surface area contributed by atoms with E-state index in [-0.39, 0.29) is 23.9 Å². The molecule has 1 spiro atoms. The van der Waals surface area contributed by atoms with Crippen LogP contribution in [-0.2, 0) is 25.6 Å². The Balaban J connectivity index is 1.52. The predicted molar refractivity (Wildman–Crippen MR) is 151 cm³/mol. The third kappa shape index (κ3) is 7.22. The maximum Gasteiger partial charge on any atom is 0.193 e. The zero-order chi connectivity index (χ0) is 27.3. The number of ether oxygens (including phenoxy) is 4. The summed E-state index contributed by atoms with van der Waals surface area (Å²) < 4.78 is 24.7. The number of carbonyl (C=O) groups excluding carboxylic acids is 1. The standard InChI is InChI=1S/C33H42O5/c1-22(2)8-7-9-23(3)14-29-15-24(4)18-33(37-29)19-27(30-17-31(34)25(5)16-32(30)38-33)21-36-20-26-10-12-28(35-6)13-11-26/h10-14,16,19,29-30,32H,1,4,7-9,15,17-18,20-21H2,2-3,5-6H3/b23-14+/t29-,30-,32-,33+/m1/s1. The van der Waals surface area contributed by atoms with Crippen LogP contribution < -0.4 is 4.74 Å². The molecule has 1 aliphatic carbocycles. The number of carbonyl (C=O) groups is 1. The first-order chi connectivity index (χ1) is 18.2. The molecule has 1 aromatic carbocycles. The van der Waals surface area contributed by atoms with Crippen LogP contribution in [-0.4, -0.2) is 37.5 Å². The lowest BCUT2D eigenvalue weighted by molar-refractivity contribution is -0.257. The topological polar surface area (TPSA) is 54.0 Å². The highest BCUT2D eigenvalue weighted by Crippen LogP contribution is 2.44. The van der Waals surface area contributed by atoms with Gasteiger partial charge >= 0.3 is 0 Å². The van der Waals surface area contributed by atoms with Crippen LogP contribution in [0.5, 0.6) is 5.75 Å². The second-order valence-electron chi connectivity index (χ2n) is 11.1.